The first kappa shape index (κ1) is 20.3. The molecule has 3 aromatic rings. The van der Waals surface area contributed by atoms with Gasteiger partial charge in [-0.05, 0) is 38.1 Å². The lowest BCUT2D eigenvalue weighted by molar-refractivity contribution is -0.119. The van der Waals surface area contributed by atoms with Gasteiger partial charge < -0.3 is 19.2 Å². The molecule has 1 aromatic carbocycles. The van der Waals surface area contributed by atoms with Gasteiger partial charge in [-0.25, -0.2) is 9.59 Å². The minimum absolute atomic E-state index is 0.188. The number of carbonyl (C=O) groups is 3. The maximum absolute atomic E-state index is 12.4. The highest BCUT2D eigenvalue weighted by Crippen LogP contribution is 2.36. The Morgan fingerprint density at radius 2 is 1.93 bits per heavy atom. The molecule has 0 spiro atoms. The number of furan rings is 1. The number of rotatable bonds is 7. The number of thiophene rings is 1. The lowest BCUT2D eigenvalue weighted by Crippen LogP contribution is -2.21. The molecule has 0 saturated carbocycles. The first-order valence-corrected chi connectivity index (χ1v) is 9.73. The Bertz CT molecular complexity index is 1020. The van der Waals surface area contributed by atoms with Gasteiger partial charge in [0.05, 0.1) is 18.4 Å². The van der Waals surface area contributed by atoms with Crippen molar-refractivity contribution >= 4 is 34.2 Å². The lowest BCUT2D eigenvalue weighted by atomic mass is 10.1. The molecule has 8 heteroatoms. The van der Waals surface area contributed by atoms with E-state index in [1.165, 1.54) is 6.26 Å². The Morgan fingerprint density at radius 3 is 2.62 bits per heavy atom. The van der Waals surface area contributed by atoms with Gasteiger partial charge in [0.15, 0.2) is 6.61 Å². The monoisotopic (exact) mass is 413 g/mol. The van der Waals surface area contributed by atoms with Crippen LogP contribution in [0.25, 0.3) is 11.3 Å². The van der Waals surface area contributed by atoms with Crippen LogP contribution in [0.1, 0.15) is 33.2 Å². The average molecular weight is 413 g/mol. The number of carbonyl (C=O) groups excluding carboxylic acids is 3. The zero-order valence-electron chi connectivity index (χ0n) is 15.9. The minimum atomic E-state index is -0.600. The number of aryl methyl sites for hydroxylation is 1. The first-order valence-electron chi connectivity index (χ1n) is 8.85. The van der Waals surface area contributed by atoms with Gasteiger partial charge in [-0.1, -0.05) is 17.7 Å². The molecule has 0 aliphatic heterocycles. The largest absolute Gasteiger partial charge is 0.464 e. The fourth-order valence-corrected chi connectivity index (χ4v) is 3.57. The average Bonchev–Trinajstić information content (AvgIpc) is 3.36. The summed E-state index contributed by atoms with van der Waals surface area (Å²) in [7, 11) is 0. The van der Waals surface area contributed by atoms with Gasteiger partial charge in [0, 0.05) is 10.9 Å². The summed E-state index contributed by atoms with van der Waals surface area (Å²) >= 11 is 1.16. The summed E-state index contributed by atoms with van der Waals surface area (Å²) in [4.78, 5) is 36.8. The highest BCUT2D eigenvalue weighted by molar-refractivity contribution is 7.15. The molecule has 1 N–H and O–H groups in total. The zero-order chi connectivity index (χ0) is 20.8. The summed E-state index contributed by atoms with van der Waals surface area (Å²) in [6, 6.07) is 10.3. The Labute approximate surface area is 171 Å². The minimum Gasteiger partial charge on any atom is -0.464 e. The predicted molar refractivity (Wildman–Crippen MR) is 108 cm³/mol. The van der Waals surface area contributed by atoms with Crippen LogP contribution in [0.3, 0.4) is 0 Å². The van der Waals surface area contributed by atoms with E-state index in [0.29, 0.717) is 21.9 Å². The first-order chi connectivity index (χ1) is 14.0. The SMILES string of the molecule is CCOC(=O)c1c(-c2ccco2)csc1NC(=O)COC(=O)c1cccc(C)c1. The molecule has 0 atom stereocenters. The molecule has 0 radical (unpaired) electrons. The second-order valence-corrected chi connectivity index (χ2v) is 6.92. The van der Waals surface area contributed by atoms with E-state index in [1.807, 2.05) is 13.0 Å². The molecule has 150 valence electrons. The smallest absolute Gasteiger partial charge is 0.341 e. The van der Waals surface area contributed by atoms with Gasteiger partial charge in [-0.15, -0.1) is 11.3 Å². The van der Waals surface area contributed by atoms with Gasteiger partial charge in [-0.3, -0.25) is 4.79 Å². The summed E-state index contributed by atoms with van der Waals surface area (Å²) in [5, 5.41) is 4.60. The molecule has 0 unspecified atom stereocenters. The molecule has 29 heavy (non-hydrogen) atoms. The molecule has 0 saturated heterocycles. The Kier molecular flexibility index (Phi) is 6.46. The van der Waals surface area contributed by atoms with Crippen molar-refractivity contribution in [3.8, 4) is 11.3 Å². The van der Waals surface area contributed by atoms with Crippen molar-refractivity contribution in [1.82, 2.24) is 0 Å². The molecule has 3 rings (SSSR count). The Balaban J connectivity index is 1.71. The van der Waals surface area contributed by atoms with Crippen LogP contribution in [0.4, 0.5) is 5.00 Å². The zero-order valence-corrected chi connectivity index (χ0v) is 16.7. The van der Waals surface area contributed by atoms with Gasteiger partial charge in [0.1, 0.15) is 16.3 Å². The molecule has 1 amide bonds. The summed E-state index contributed by atoms with van der Waals surface area (Å²) in [6.45, 7) is 3.25. The highest BCUT2D eigenvalue weighted by atomic mass is 32.1. The number of hydrogen-bond donors (Lipinski definition) is 1. The van der Waals surface area contributed by atoms with Crippen LogP contribution in [0.2, 0.25) is 0 Å². The second-order valence-electron chi connectivity index (χ2n) is 6.05. The van der Waals surface area contributed by atoms with Crippen LogP contribution in [0.5, 0.6) is 0 Å². The van der Waals surface area contributed by atoms with E-state index in [4.69, 9.17) is 13.9 Å². The van der Waals surface area contributed by atoms with Crippen LogP contribution >= 0.6 is 11.3 Å². The van der Waals surface area contributed by atoms with E-state index in [9.17, 15) is 14.4 Å². The fraction of sp³-hybridized carbons (Fsp3) is 0.190. The number of amides is 1. The van der Waals surface area contributed by atoms with Gasteiger partial charge >= 0.3 is 11.9 Å². The number of anilines is 1. The van der Waals surface area contributed by atoms with Gasteiger partial charge in [0.2, 0.25) is 0 Å². The number of nitrogens with one attached hydrogen (secondary N) is 1. The normalized spacial score (nSPS) is 10.4. The van der Waals surface area contributed by atoms with Crippen molar-refractivity contribution in [3.05, 3.63) is 64.7 Å². The Hall–Kier alpha value is -3.39. The number of esters is 2. The maximum Gasteiger partial charge on any atom is 0.341 e. The number of hydrogen-bond acceptors (Lipinski definition) is 7. The molecule has 0 aliphatic carbocycles. The third-order valence-electron chi connectivity index (χ3n) is 3.90. The van der Waals surface area contributed by atoms with E-state index >= 15 is 0 Å². The topological polar surface area (TPSA) is 94.8 Å². The van der Waals surface area contributed by atoms with Crippen LogP contribution in [-0.4, -0.2) is 31.1 Å². The van der Waals surface area contributed by atoms with Crippen molar-refractivity contribution in [1.29, 1.82) is 0 Å². The van der Waals surface area contributed by atoms with E-state index in [-0.39, 0.29) is 12.2 Å². The van der Waals surface area contributed by atoms with Crippen molar-refractivity contribution in [2.24, 2.45) is 0 Å². The summed E-state index contributed by atoms with van der Waals surface area (Å²) < 4.78 is 15.5. The van der Waals surface area contributed by atoms with Crippen LogP contribution < -0.4 is 5.32 Å². The van der Waals surface area contributed by atoms with Gasteiger partial charge in [-0.2, -0.15) is 0 Å². The number of benzene rings is 1. The second kappa shape index (κ2) is 9.20. The molecule has 2 aromatic heterocycles. The van der Waals surface area contributed by atoms with E-state index in [0.717, 1.165) is 16.9 Å². The molecule has 7 nitrogen and oxygen atoms in total. The standard InChI is InChI=1S/C21H19NO6S/c1-3-26-21(25)18-15(16-8-5-9-27-16)12-29-19(18)22-17(23)11-28-20(24)14-7-4-6-13(2)10-14/h4-10,12H,3,11H2,1-2H3,(H,22,23). The van der Waals surface area contributed by atoms with Crippen LogP contribution in [0, 0.1) is 6.92 Å². The fourth-order valence-electron chi connectivity index (χ4n) is 2.62. The predicted octanol–water partition coefficient (Wildman–Crippen LogP) is 4.29. The third kappa shape index (κ3) is 4.91. The molecular weight excluding hydrogens is 394 g/mol. The van der Waals surface area contributed by atoms with Crippen molar-refractivity contribution in [3.63, 3.8) is 0 Å². The maximum atomic E-state index is 12.4. The molecule has 0 fully saturated rings. The molecule has 0 bridgehead atoms. The Morgan fingerprint density at radius 1 is 1.10 bits per heavy atom. The van der Waals surface area contributed by atoms with E-state index < -0.39 is 24.5 Å². The summed E-state index contributed by atoms with van der Waals surface area (Å²) in [5.41, 5.74) is 1.99. The summed E-state index contributed by atoms with van der Waals surface area (Å²) in [5.74, 6) is -1.26. The quantitative estimate of drug-likeness (QED) is 0.581. The highest BCUT2D eigenvalue weighted by Gasteiger charge is 2.24. The van der Waals surface area contributed by atoms with E-state index in [2.05, 4.69) is 5.32 Å². The number of ether oxygens (including phenoxy) is 2. The summed E-state index contributed by atoms with van der Waals surface area (Å²) in [6.07, 6.45) is 1.49. The van der Waals surface area contributed by atoms with Crippen molar-refractivity contribution in [2.45, 2.75) is 13.8 Å². The molecule has 0 aliphatic rings. The van der Waals surface area contributed by atoms with Crippen molar-refractivity contribution in [2.75, 3.05) is 18.5 Å². The molecular formula is C21H19NO6S. The van der Waals surface area contributed by atoms with Crippen LogP contribution in [-0.2, 0) is 14.3 Å². The third-order valence-corrected chi connectivity index (χ3v) is 4.79. The lowest BCUT2D eigenvalue weighted by Gasteiger charge is -2.08. The van der Waals surface area contributed by atoms with Crippen molar-refractivity contribution < 1.29 is 28.3 Å². The van der Waals surface area contributed by atoms with E-state index in [1.54, 1.807) is 42.6 Å². The molecule has 2 heterocycles. The van der Waals surface area contributed by atoms with Crippen LogP contribution in [0.15, 0.2) is 52.5 Å². The van der Waals surface area contributed by atoms with Gasteiger partial charge in [0.25, 0.3) is 5.91 Å².